The van der Waals surface area contributed by atoms with E-state index in [0.29, 0.717) is 40.7 Å². The first kappa shape index (κ1) is 44.4. The minimum absolute atomic E-state index is 0.0284. The van der Waals surface area contributed by atoms with Crippen LogP contribution in [0.4, 0.5) is 24.5 Å². The number of amides is 5. The average Bonchev–Trinajstić information content (AvgIpc) is 3.75. The van der Waals surface area contributed by atoms with E-state index in [9.17, 15) is 42.3 Å². The van der Waals surface area contributed by atoms with Crippen LogP contribution in [0.3, 0.4) is 0 Å². The second-order valence-corrected chi connectivity index (χ2v) is 19.4. The summed E-state index contributed by atoms with van der Waals surface area (Å²) in [5.74, 6) is -2.18. The lowest BCUT2D eigenvalue weighted by Gasteiger charge is -2.58. The summed E-state index contributed by atoms with van der Waals surface area (Å²) in [7, 11) is 8.35. The number of hydrogen-bond acceptors (Lipinski definition) is 11. The predicted molar refractivity (Wildman–Crippen MR) is 231 cm³/mol. The highest BCUT2D eigenvalue weighted by molar-refractivity contribution is 7.18. The lowest BCUT2D eigenvalue weighted by Crippen LogP contribution is -2.65. The number of piperidine rings is 1. The Morgan fingerprint density at radius 2 is 1.70 bits per heavy atom. The summed E-state index contributed by atoms with van der Waals surface area (Å²) in [5.41, 5.74) is -1.57. The topological polar surface area (TPSA) is 174 Å². The number of benzene rings is 2. The average molecular weight is 884 g/mol. The van der Waals surface area contributed by atoms with Gasteiger partial charge >= 0.3 is 6.18 Å². The van der Waals surface area contributed by atoms with Crippen molar-refractivity contribution >= 4 is 70.3 Å². The molecule has 4 N–H and O–H groups in total. The highest BCUT2D eigenvalue weighted by atomic mass is 32.1. The molecule has 2 aliphatic carbocycles. The van der Waals surface area contributed by atoms with Gasteiger partial charge in [-0.3, -0.25) is 34.2 Å². The number of thiazole rings is 1. The number of anilines is 2. The molecule has 18 heteroatoms. The van der Waals surface area contributed by atoms with Crippen molar-refractivity contribution in [1.29, 1.82) is 0 Å². The molecule has 0 bridgehead atoms. The van der Waals surface area contributed by atoms with Gasteiger partial charge in [0.2, 0.25) is 11.8 Å². The minimum Gasteiger partial charge on any atom is -0.386 e. The minimum atomic E-state index is -4.65. The monoisotopic (exact) mass is 883 g/mol. The zero-order valence-corrected chi connectivity index (χ0v) is 36.2. The molecule has 1 unspecified atom stereocenters. The van der Waals surface area contributed by atoms with E-state index in [4.69, 9.17) is 12.8 Å². The van der Waals surface area contributed by atoms with Gasteiger partial charge in [0.15, 0.2) is 0 Å². The van der Waals surface area contributed by atoms with Crippen molar-refractivity contribution in [3.8, 4) is 0 Å². The normalized spacial score (nSPS) is 21.7. The molecule has 4 fully saturated rings. The molecule has 5 amide bonds. The molecule has 2 saturated heterocycles. The number of imide groups is 2. The predicted octanol–water partition coefficient (Wildman–Crippen LogP) is 6.97. The van der Waals surface area contributed by atoms with Gasteiger partial charge in [-0.05, 0) is 107 Å². The van der Waals surface area contributed by atoms with Crippen LogP contribution < -0.4 is 16.0 Å². The number of fused-ring (bicyclic) bond motifs is 2. The smallest absolute Gasteiger partial charge is 0.386 e. The quantitative estimate of drug-likeness (QED) is 0.102. The Hall–Kier alpha value is -5.20. The van der Waals surface area contributed by atoms with Crippen LogP contribution in [0.5, 0.6) is 0 Å². The van der Waals surface area contributed by atoms with Crippen LogP contribution in [0.25, 0.3) is 10.2 Å². The SMILES string of the molecule is CC(C)(O)c1cc2nc(C3CCCCC3)sc2cc1NC(=O)c1cccc(C(F)(F)F)n1.[B]C1(N2C(=O)c3cccc(NCCC4CC5(C4)CN(C)C5)c3C2=O)CCC(=O)NC1=O. The zero-order chi connectivity index (χ0) is 45.1. The highest BCUT2D eigenvalue weighted by Crippen LogP contribution is 2.52. The van der Waals surface area contributed by atoms with Gasteiger partial charge in [-0.25, -0.2) is 9.97 Å². The maximum atomic E-state index is 13.2. The number of aliphatic hydroxyl groups is 1. The number of nitrogens with one attached hydrogen (secondary N) is 3. The molecule has 1 atom stereocenters. The van der Waals surface area contributed by atoms with Crippen LogP contribution in [0.15, 0.2) is 48.5 Å². The number of halogens is 3. The van der Waals surface area contributed by atoms with Crippen molar-refractivity contribution < 1.29 is 42.3 Å². The molecule has 5 aliphatic rings. The molecule has 5 heterocycles. The number of rotatable bonds is 9. The molecule has 9 rings (SSSR count). The molecule has 3 aliphatic heterocycles. The molecular weight excluding hydrogens is 834 g/mol. The second kappa shape index (κ2) is 16.7. The van der Waals surface area contributed by atoms with Crippen molar-refractivity contribution in [2.24, 2.45) is 11.3 Å². The van der Waals surface area contributed by atoms with E-state index in [0.717, 1.165) is 51.5 Å². The van der Waals surface area contributed by atoms with Crippen LogP contribution in [0, 0.1) is 11.3 Å². The lowest BCUT2D eigenvalue weighted by atomic mass is 9.57. The van der Waals surface area contributed by atoms with Crippen LogP contribution >= 0.6 is 11.3 Å². The van der Waals surface area contributed by atoms with Gasteiger partial charge in [0, 0.05) is 48.9 Å². The summed E-state index contributed by atoms with van der Waals surface area (Å²) in [6, 6.07) is 11.7. The molecular formula is C45H49BF3N7O6S. The third-order valence-electron chi connectivity index (χ3n) is 12.9. The summed E-state index contributed by atoms with van der Waals surface area (Å²) >= 11 is 1.56. The van der Waals surface area contributed by atoms with Gasteiger partial charge in [-0.15, -0.1) is 11.3 Å². The first-order valence-electron chi connectivity index (χ1n) is 21.4. The van der Waals surface area contributed by atoms with E-state index >= 15 is 0 Å². The van der Waals surface area contributed by atoms with Gasteiger partial charge in [0.1, 0.15) is 19.2 Å². The van der Waals surface area contributed by atoms with Crippen LogP contribution in [0.1, 0.15) is 131 Å². The molecule has 63 heavy (non-hydrogen) atoms. The number of carbonyl (C=O) groups excluding carboxylic acids is 5. The molecule has 13 nitrogen and oxygen atoms in total. The number of alkyl halides is 3. The van der Waals surface area contributed by atoms with Gasteiger partial charge in [0.05, 0.1) is 37.4 Å². The fraction of sp³-hybridized carbons (Fsp3) is 0.489. The molecule has 1 spiro atoms. The molecule has 2 saturated carbocycles. The number of carbonyl (C=O) groups is 5. The summed E-state index contributed by atoms with van der Waals surface area (Å²) in [6.45, 7) is 6.25. The summed E-state index contributed by atoms with van der Waals surface area (Å²) in [4.78, 5) is 74.2. The lowest BCUT2D eigenvalue weighted by molar-refractivity contribution is -0.141. The number of aromatic nitrogens is 2. The van der Waals surface area contributed by atoms with Crippen LogP contribution in [0.2, 0.25) is 0 Å². The first-order valence-corrected chi connectivity index (χ1v) is 22.2. The van der Waals surface area contributed by atoms with E-state index < -0.39 is 52.4 Å². The molecule has 2 aromatic heterocycles. The second-order valence-electron chi connectivity index (χ2n) is 18.3. The van der Waals surface area contributed by atoms with Crippen molar-refractivity contribution in [2.75, 3.05) is 37.3 Å². The van der Waals surface area contributed by atoms with Crippen molar-refractivity contribution in [3.05, 3.63) is 81.6 Å². The van der Waals surface area contributed by atoms with E-state index in [-0.39, 0.29) is 29.7 Å². The fourth-order valence-electron chi connectivity index (χ4n) is 9.89. The molecule has 2 radical (unpaired) electrons. The van der Waals surface area contributed by atoms with Gasteiger partial charge in [-0.1, -0.05) is 31.4 Å². The third kappa shape index (κ3) is 8.86. The largest absolute Gasteiger partial charge is 0.433 e. The van der Waals surface area contributed by atoms with E-state index in [1.54, 1.807) is 55.5 Å². The van der Waals surface area contributed by atoms with Crippen molar-refractivity contribution in [2.45, 2.75) is 101 Å². The Bertz CT molecular complexity index is 2490. The summed E-state index contributed by atoms with van der Waals surface area (Å²) < 4.78 is 39.8. The van der Waals surface area contributed by atoms with Crippen LogP contribution in [-0.2, 0) is 21.4 Å². The summed E-state index contributed by atoms with van der Waals surface area (Å²) in [5, 5.41) is 19.8. The Morgan fingerprint density at radius 1 is 0.984 bits per heavy atom. The number of pyridine rings is 1. The molecule has 2 aromatic carbocycles. The number of likely N-dealkylation sites (tertiary alicyclic amines) is 1. The van der Waals surface area contributed by atoms with Crippen molar-refractivity contribution in [1.82, 2.24) is 25.1 Å². The standard InChI is InChI=1S/C23H24F3N3O2S.C22H25BN4O4/c1-22(2,31)14-11-17-18(32-21(29-17)13-7-4-3-5-8-13)12-16(14)28-20(30)15-9-6-10-19(27-15)23(24,25)26;1-26-11-21(12-26)9-13(10-21)6-8-24-15-4-2-3-14-17(15)19(30)27(18(14)29)22(23)7-5-16(28)25-20(22)31/h6,9-13,31H,3-5,7-8H2,1-2H3,(H,28,30);2-4,13,24H,5-12H2,1H3,(H,25,28,31). The third-order valence-corrected chi connectivity index (χ3v) is 14.1. The Kier molecular flexibility index (Phi) is 11.8. The fourth-order valence-corrected chi connectivity index (χ4v) is 11.0. The van der Waals surface area contributed by atoms with Gasteiger partial charge in [0.25, 0.3) is 17.7 Å². The van der Waals surface area contributed by atoms with E-state index in [1.807, 2.05) is 0 Å². The zero-order valence-electron chi connectivity index (χ0n) is 35.4. The van der Waals surface area contributed by atoms with E-state index in [1.165, 1.54) is 51.3 Å². The number of hydrogen-bond donors (Lipinski definition) is 4. The summed E-state index contributed by atoms with van der Waals surface area (Å²) in [6.07, 6.45) is 4.54. The van der Waals surface area contributed by atoms with Crippen molar-refractivity contribution in [3.63, 3.8) is 0 Å². The van der Waals surface area contributed by atoms with E-state index in [2.05, 4.69) is 32.9 Å². The number of nitrogens with zero attached hydrogens (tertiary/aromatic N) is 4. The van der Waals surface area contributed by atoms with Gasteiger partial charge < -0.3 is 20.6 Å². The Balaban J connectivity index is 0.000000173. The Labute approximate surface area is 368 Å². The maximum absolute atomic E-state index is 13.2. The van der Waals surface area contributed by atoms with Crippen LogP contribution in [-0.4, -0.2) is 94.4 Å². The Morgan fingerprint density at radius 3 is 2.37 bits per heavy atom. The maximum Gasteiger partial charge on any atom is 0.433 e. The molecule has 330 valence electrons. The first-order chi connectivity index (χ1) is 29.7. The highest BCUT2D eigenvalue weighted by Gasteiger charge is 2.53. The molecule has 4 aromatic rings. The van der Waals surface area contributed by atoms with Gasteiger partial charge in [-0.2, -0.15) is 13.2 Å².